The molecule has 0 fully saturated rings. The van der Waals surface area contributed by atoms with Crippen LogP contribution in [0.2, 0.25) is 0 Å². The van der Waals surface area contributed by atoms with Crippen molar-refractivity contribution in [3.8, 4) is 11.1 Å². The number of rotatable bonds is 9. The lowest BCUT2D eigenvalue weighted by Crippen LogP contribution is -2.13. The minimum atomic E-state index is 0. The molecule has 124 valence electrons. The van der Waals surface area contributed by atoms with E-state index in [0.29, 0.717) is 19.1 Å². The standard InChI is InChI=1S/C20H25NO.ClH/c1-2-17(12-14-21)16-22-15-13-18-8-10-20(11-9-18)19-6-4-3-5-7-19;/h2-11,17H,1,12-16,21H2;1H. The van der Waals surface area contributed by atoms with E-state index in [-0.39, 0.29) is 12.4 Å². The molecule has 2 rings (SSSR count). The lowest BCUT2D eigenvalue weighted by molar-refractivity contribution is 0.113. The van der Waals surface area contributed by atoms with Crippen molar-refractivity contribution in [2.45, 2.75) is 12.8 Å². The molecule has 0 amide bonds. The van der Waals surface area contributed by atoms with Crippen molar-refractivity contribution in [2.75, 3.05) is 19.8 Å². The molecule has 0 bridgehead atoms. The van der Waals surface area contributed by atoms with Crippen molar-refractivity contribution < 1.29 is 4.74 Å². The normalized spacial score (nSPS) is 11.5. The van der Waals surface area contributed by atoms with Crippen molar-refractivity contribution in [3.05, 3.63) is 72.8 Å². The third-order valence-electron chi connectivity index (χ3n) is 3.80. The molecule has 23 heavy (non-hydrogen) atoms. The number of halogens is 1. The van der Waals surface area contributed by atoms with Gasteiger partial charge in [-0.25, -0.2) is 0 Å². The molecule has 2 aromatic rings. The van der Waals surface area contributed by atoms with Crippen LogP contribution in [0.5, 0.6) is 0 Å². The summed E-state index contributed by atoms with van der Waals surface area (Å²) in [6.45, 7) is 5.95. The van der Waals surface area contributed by atoms with Crippen LogP contribution in [0.15, 0.2) is 67.3 Å². The molecule has 3 heteroatoms. The zero-order chi connectivity index (χ0) is 15.6. The molecule has 2 N–H and O–H groups in total. The molecule has 0 saturated heterocycles. The molecule has 2 aromatic carbocycles. The highest BCUT2D eigenvalue weighted by molar-refractivity contribution is 5.85. The second-order valence-electron chi connectivity index (χ2n) is 5.46. The van der Waals surface area contributed by atoms with E-state index in [1.807, 2.05) is 12.1 Å². The Morgan fingerprint density at radius 2 is 1.65 bits per heavy atom. The maximum absolute atomic E-state index is 5.73. The maximum Gasteiger partial charge on any atom is 0.0529 e. The van der Waals surface area contributed by atoms with E-state index >= 15 is 0 Å². The van der Waals surface area contributed by atoms with Gasteiger partial charge in [0, 0.05) is 5.92 Å². The Kier molecular flexibility index (Phi) is 9.30. The molecular formula is C20H26ClNO. The van der Waals surface area contributed by atoms with Gasteiger partial charge in [-0.2, -0.15) is 0 Å². The quantitative estimate of drug-likeness (QED) is 0.543. The highest BCUT2D eigenvalue weighted by Crippen LogP contribution is 2.19. The van der Waals surface area contributed by atoms with Gasteiger partial charge in [0.2, 0.25) is 0 Å². The van der Waals surface area contributed by atoms with Crippen molar-refractivity contribution in [2.24, 2.45) is 11.7 Å². The van der Waals surface area contributed by atoms with E-state index in [9.17, 15) is 0 Å². The van der Waals surface area contributed by atoms with Gasteiger partial charge in [0.1, 0.15) is 0 Å². The van der Waals surface area contributed by atoms with Crippen LogP contribution >= 0.6 is 12.4 Å². The second kappa shape index (κ2) is 11.0. The predicted octanol–water partition coefficient (Wildman–Crippen LogP) is 4.49. The van der Waals surface area contributed by atoms with Crippen LogP contribution in [0.4, 0.5) is 0 Å². The van der Waals surface area contributed by atoms with Gasteiger partial charge in [0.15, 0.2) is 0 Å². The third-order valence-corrected chi connectivity index (χ3v) is 3.80. The van der Waals surface area contributed by atoms with Crippen LogP contribution in [0.1, 0.15) is 12.0 Å². The summed E-state index contributed by atoms with van der Waals surface area (Å²) < 4.78 is 5.73. The Morgan fingerprint density at radius 1 is 1.00 bits per heavy atom. The molecule has 0 saturated carbocycles. The van der Waals surface area contributed by atoms with Gasteiger partial charge in [-0.05, 0) is 36.1 Å². The van der Waals surface area contributed by atoms with E-state index in [0.717, 1.165) is 19.4 Å². The summed E-state index contributed by atoms with van der Waals surface area (Å²) >= 11 is 0. The van der Waals surface area contributed by atoms with Crippen LogP contribution in [0.3, 0.4) is 0 Å². The summed E-state index contributed by atoms with van der Waals surface area (Å²) in [6, 6.07) is 19.1. The minimum absolute atomic E-state index is 0. The van der Waals surface area contributed by atoms with Crippen LogP contribution in [0.25, 0.3) is 11.1 Å². The molecule has 0 radical (unpaired) electrons. The van der Waals surface area contributed by atoms with Crippen molar-refractivity contribution in [1.29, 1.82) is 0 Å². The third kappa shape index (κ3) is 6.57. The molecule has 0 aromatic heterocycles. The highest BCUT2D eigenvalue weighted by Gasteiger charge is 2.03. The van der Waals surface area contributed by atoms with Gasteiger partial charge < -0.3 is 10.5 Å². The van der Waals surface area contributed by atoms with Gasteiger partial charge in [-0.1, -0.05) is 60.7 Å². The molecule has 2 nitrogen and oxygen atoms in total. The molecule has 0 spiro atoms. The average molecular weight is 332 g/mol. The fourth-order valence-electron chi connectivity index (χ4n) is 2.40. The summed E-state index contributed by atoms with van der Waals surface area (Å²) in [5.74, 6) is 0.366. The van der Waals surface area contributed by atoms with Crippen molar-refractivity contribution >= 4 is 12.4 Å². The first kappa shape index (κ1) is 19.4. The predicted molar refractivity (Wildman–Crippen MR) is 101 cm³/mol. The number of ether oxygens (including phenoxy) is 1. The zero-order valence-corrected chi connectivity index (χ0v) is 14.3. The Hall–Kier alpha value is -1.61. The van der Waals surface area contributed by atoms with Gasteiger partial charge in [-0.15, -0.1) is 19.0 Å². The lowest BCUT2D eigenvalue weighted by Gasteiger charge is -2.11. The SMILES string of the molecule is C=CC(CCN)COCCc1ccc(-c2ccccc2)cc1.Cl. The first-order chi connectivity index (χ1) is 10.8. The first-order valence-corrected chi connectivity index (χ1v) is 7.88. The summed E-state index contributed by atoms with van der Waals surface area (Å²) in [5.41, 5.74) is 9.36. The molecule has 1 unspecified atom stereocenters. The lowest BCUT2D eigenvalue weighted by atomic mass is 10.0. The van der Waals surface area contributed by atoms with Gasteiger partial charge in [-0.3, -0.25) is 0 Å². The smallest absolute Gasteiger partial charge is 0.0529 e. The Labute approximate surface area is 145 Å². The topological polar surface area (TPSA) is 35.2 Å². The van der Waals surface area contributed by atoms with Crippen LogP contribution < -0.4 is 5.73 Å². The molecule has 0 heterocycles. The fourth-order valence-corrected chi connectivity index (χ4v) is 2.40. The number of benzene rings is 2. The average Bonchev–Trinajstić information content (AvgIpc) is 2.59. The summed E-state index contributed by atoms with van der Waals surface area (Å²) in [6.07, 6.45) is 3.80. The summed E-state index contributed by atoms with van der Waals surface area (Å²) in [5, 5.41) is 0. The Balaban J connectivity index is 0.00000264. The number of hydrogen-bond acceptors (Lipinski definition) is 2. The Morgan fingerprint density at radius 3 is 2.26 bits per heavy atom. The largest absolute Gasteiger partial charge is 0.380 e. The van der Waals surface area contributed by atoms with Crippen molar-refractivity contribution in [1.82, 2.24) is 0 Å². The van der Waals surface area contributed by atoms with E-state index < -0.39 is 0 Å². The van der Waals surface area contributed by atoms with E-state index in [2.05, 4.69) is 55.1 Å². The molecule has 0 aliphatic heterocycles. The number of hydrogen-bond donors (Lipinski definition) is 1. The van der Waals surface area contributed by atoms with Gasteiger partial charge in [0.05, 0.1) is 13.2 Å². The van der Waals surface area contributed by atoms with E-state index in [4.69, 9.17) is 10.5 Å². The van der Waals surface area contributed by atoms with Gasteiger partial charge in [0.25, 0.3) is 0 Å². The van der Waals surface area contributed by atoms with E-state index in [1.165, 1.54) is 16.7 Å². The molecule has 0 aliphatic rings. The number of nitrogens with two attached hydrogens (primary N) is 1. The van der Waals surface area contributed by atoms with Gasteiger partial charge >= 0.3 is 0 Å². The summed E-state index contributed by atoms with van der Waals surface area (Å²) in [7, 11) is 0. The van der Waals surface area contributed by atoms with Crippen molar-refractivity contribution in [3.63, 3.8) is 0 Å². The molecule has 1 atom stereocenters. The Bertz CT molecular complexity index is 554. The van der Waals surface area contributed by atoms with Crippen LogP contribution in [-0.2, 0) is 11.2 Å². The maximum atomic E-state index is 5.73. The second-order valence-corrected chi connectivity index (χ2v) is 5.46. The minimum Gasteiger partial charge on any atom is -0.380 e. The first-order valence-electron chi connectivity index (χ1n) is 7.88. The fraction of sp³-hybridized carbons (Fsp3) is 0.300. The monoisotopic (exact) mass is 331 g/mol. The molecule has 0 aliphatic carbocycles. The molecular weight excluding hydrogens is 306 g/mol. The summed E-state index contributed by atoms with van der Waals surface area (Å²) in [4.78, 5) is 0. The zero-order valence-electron chi connectivity index (χ0n) is 13.5. The van der Waals surface area contributed by atoms with Crippen LogP contribution in [-0.4, -0.2) is 19.8 Å². The highest BCUT2D eigenvalue weighted by atomic mass is 35.5. The van der Waals surface area contributed by atoms with Crippen LogP contribution in [0, 0.1) is 5.92 Å². The van der Waals surface area contributed by atoms with E-state index in [1.54, 1.807) is 0 Å².